The van der Waals surface area contributed by atoms with Crippen molar-refractivity contribution in [3.05, 3.63) is 29.1 Å². The summed E-state index contributed by atoms with van der Waals surface area (Å²) in [5, 5.41) is 9.03. The van der Waals surface area contributed by atoms with Crippen LogP contribution < -0.4 is 0 Å². The predicted octanol–water partition coefficient (Wildman–Crippen LogP) is 1.66. The van der Waals surface area contributed by atoms with E-state index in [0.717, 1.165) is 0 Å². The Balaban J connectivity index is 3.29. The third kappa shape index (κ3) is 2.88. The van der Waals surface area contributed by atoms with Crippen molar-refractivity contribution in [3.8, 4) is 0 Å². The molecule has 1 aromatic carbocycles. The summed E-state index contributed by atoms with van der Waals surface area (Å²) in [6, 6.07) is 2.47. The number of hydrogen-bond donors (Lipinski definition) is 1. The minimum absolute atomic E-state index is 0.00141. The Hall–Kier alpha value is -0.980. The monoisotopic (exact) mass is 275 g/mol. The molecule has 0 atom stereocenters. The van der Waals surface area contributed by atoms with Gasteiger partial charge in [-0.3, -0.25) is 0 Å². The third-order valence-corrected chi connectivity index (χ3v) is 4.56. The average molecular weight is 275 g/mol. The van der Waals surface area contributed by atoms with Crippen molar-refractivity contribution in [2.45, 2.75) is 31.8 Å². The van der Waals surface area contributed by atoms with Crippen LogP contribution in [-0.4, -0.2) is 31.4 Å². The first-order chi connectivity index (χ1) is 8.34. The fraction of sp³-hybridized carbons (Fsp3) is 0.500. The Labute approximate surface area is 107 Å². The van der Waals surface area contributed by atoms with Crippen LogP contribution in [0.25, 0.3) is 0 Å². The van der Waals surface area contributed by atoms with Gasteiger partial charge in [-0.05, 0) is 31.0 Å². The lowest BCUT2D eigenvalue weighted by Gasteiger charge is -2.17. The minimum Gasteiger partial charge on any atom is -0.392 e. The fourth-order valence-electron chi connectivity index (χ4n) is 1.69. The number of sulfonamides is 1. The number of aliphatic hydroxyl groups is 1. The summed E-state index contributed by atoms with van der Waals surface area (Å²) in [4.78, 5) is 0.0152. The number of rotatable bonds is 5. The Morgan fingerprint density at radius 1 is 1.39 bits per heavy atom. The standard InChI is InChI=1S/C12H18FNO3S/c1-4-5-14(3)18(16,17)11-6-9(2)12(13)10(7-11)8-15/h6-7,15H,4-5,8H2,1-3H3. The van der Waals surface area contributed by atoms with E-state index < -0.39 is 22.4 Å². The summed E-state index contributed by atoms with van der Waals surface area (Å²) >= 11 is 0. The molecule has 1 rings (SSSR count). The van der Waals surface area contributed by atoms with Gasteiger partial charge in [-0.2, -0.15) is 0 Å². The molecule has 0 bridgehead atoms. The van der Waals surface area contributed by atoms with Crippen molar-refractivity contribution in [1.82, 2.24) is 4.31 Å². The molecule has 0 aromatic heterocycles. The molecule has 102 valence electrons. The Morgan fingerprint density at radius 3 is 2.50 bits per heavy atom. The van der Waals surface area contributed by atoms with Crippen molar-refractivity contribution >= 4 is 10.0 Å². The second-order valence-corrected chi connectivity index (χ2v) is 6.24. The molecule has 0 amide bonds. The largest absolute Gasteiger partial charge is 0.392 e. The lowest BCUT2D eigenvalue weighted by molar-refractivity contribution is 0.275. The molecule has 0 radical (unpaired) electrons. The Kier molecular flexibility index (Phi) is 4.84. The van der Waals surface area contributed by atoms with Gasteiger partial charge in [0.05, 0.1) is 11.5 Å². The molecule has 1 aromatic rings. The molecule has 0 unspecified atom stereocenters. The molecule has 0 saturated carbocycles. The highest BCUT2D eigenvalue weighted by Crippen LogP contribution is 2.21. The van der Waals surface area contributed by atoms with Gasteiger partial charge in [-0.25, -0.2) is 17.1 Å². The molecule has 6 heteroatoms. The summed E-state index contributed by atoms with van der Waals surface area (Å²) in [6.45, 7) is 3.23. The van der Waals surface area contributed by atoms with Gasteiger partial charge in [0, 0.05) is 19.2 Å². The number of aliphatic hydroxyl groups excluding tert-OH is 1. The first-order valence-corrected chi connectivity index (χ1v) is 7.14. The highest BCUT2D eigenvalue weighted by Gasteiger charge is 2.22. The fourth-order valence-corrected chi connectivity index (χ4v) is 3.09. The number of hydrogen-bond acceptors (Lipinski definition) is 3. The molecule has 0 saturated heterocycles. The van der Waals surface area contributed by atoms with Gasteiger partial charge in [0.15, 0.2) is 0 Å². The van der Waals surface area contributed by atoms with E-state index in [-0.39, 0.29) is 16.0 Å². The molecule has 0 aliphatic rings. The van der Waals surface area contributed by atoms with Crippen LogP contribution in [0.1, 0.15) is 24.5 Å². The zero-order valence-corrected chi connectivity index (χ0v) is 11.6. The molecule has 18 heavy (non-hydrogen) atoms. The second-order valence-electron chi connectivity index (χ2n) is 4.20. The number of halogens is 1. The van der Waals surface area contributed by atoms with Gasteiger partial charge in [-0.15, -0.1) is 0 Å². The maximum atomic E-state index is 13.6. The van der Waals surface area contributed by atoms with Gasteiger partial charge in [-0.1, -0.05) is 6.92 Å². The smallest absolute Gasteiger partial charge is 0.242 e. The van der Waals surface area contributed by atoms with Crippen molar-refractivity contribution in [1.29, 1.82) is 0 Å². The second kappa shape index (κ2) is 5.77. The van der Waals surface area contributed by atoms with Gasteiger partial charge < -0.3 is 5.11 Å². The van der Waals surface area contributed by atoms with Crippen LogP contribution in [0.4, 0.5) is 4.39 Å². The van der Waals surface area contributed by atoms with Gasteiger partial charge in [0.25, 0.3) is 0 Å². The number of aryl methyl sites for hydroxylation is 1. The average Bonchev–Trinajstić information content (AvgIpc) is 2.32. The van der Waals surface area contributed by atoms with E-state index in [1.165, 1.54) is 30.4 Å². The molecule has 0 spiro atoms. The van der Waals surface area contributed by atoms with Crippen LogP contribution in [0.2, 0.25) is 0 Å². The van der Waals surface area contributed by atoms with Gasteiger partial charge in [0.1, 0.15) is 5.82 Å². The molecular formula is C12H18FNO3S. The highest BCUT2D eigenvalue weighted by molar-refractivity contribution is 7.89. The molecule has 0 fully saturated rings. The maximum Gasteiger partial charge on any atom is 0.242 e. The van der Waals surface area contributed by atoms with Crippen LogP contribution in [0, 0.1) is 12.7 Å². The summed E-state index contributed by atoms with van der Waals surface area (Å²) < 4.78 is 39.1. The zero-order valence-electron chi connectivity index (χ0n) is 10.8. The normalized spacial score (nSPS) is 12.1. The SMILES string of the molecule is CCCN(C)S(=O)(=O)c1cc(C)c(F)c(CO)c1. The van der Waals surface area contributed by atoms with Crippen molar-refractivity contribution in [3.63, 3.8) is 0 Å². The summed E-state index contributed by atoms with van der Waals surface area (Å²) in [6.07, 6.45) is 0.697. The van der Waals surface area contributed by atoms with E-state index >= 15 is 0 Å². The summed E-state index contributed by atoms with van der Waals surface area (Å²) in [5.74, 6) is -0.561. The highest BCUT2D eigenvalue weighted by atomic mass is 32.2. The minimum atomic E-state index is -3.62. The molecule has 4 nitrogen and oxygen atoms in total. The topological polar surface area (TPSA) is 57.6 Å². The molecule has 0 aliphatic carbocycles. The van der Waals surface area contributed by atoms with Crippen LogP contribution >= 0.6 is 0 Å². The lowest BCUT2D eigenvalue weighted by Crippen LogP contribution is -2.28. The first-order valence-electron chi connectivity index (χ1n) is 5.70. The quantitative estimate of drug-likeness (QED) is 0.889. The molecule has 0 aliphatic heterocycles. The first kappa shape index (κ1) is 15.1. The van der Waals surface area contributed by atoms with E-state index in [1.54, 1.807) is 0 Å². The third-order valence-electron chi connectivity index (χ3n) is 2.72. The Bertz CT molecular complexity index is 528. The van der Waals surface area contributed by atoms with Gasteiger partial charge in [0.2, 0.25) is 10.0 Å². The number of benzene rings is 1. The lowest BCUT2D eigenvalue weighted by atomic mass is 10.1. The van der Waals surface area contributed by atoms with E-state index in [1.807, 2.05) is 6.92 Å². The molecule has 0 heterocycles. The molecular weight excluding hydrogens is 257 g/mol. The predicted molar refractivity (Wildman–Crippen MR) is 67.2 cm³/mol. The molecule has 1 N–H and O–H groups in total. The van der Waals surface area contributed by atoms with Crippen molar-refractivity contribution in [2.24, 2.45) is 0 Å². The van der Waals surface area contributed by atoms with Crippen LogP contribution in [-0.2, 0) is 16.6 Å². The van der Waals surface area contributed by atoms with E-state index in [4.69, 9.17) is 5.11 Å². The van der Waals surface area contributed by atoms with E-state index in [9.17, 15) is 12.8 Å². The van der Waals surface area contributed by atoms with Crippen LogP contribution in [0.5, 0.6) is 0 Å². The Morgan fingerprint density at radius 2 is 2.00 bits per heavy atom. The summed E-state index contributed by atoms with van der Waals surface area (Å²) in [7, 11) is -2.14. The van der Waals surface area contributed by atoms with Crippen molar-refractivity contribution in [2.75, 3.05) is 13.6 Å². The van der Waals surface area contributed by atoms with E-state index in [2.05, 4.69) is 0 Å². The maximum absolute atomic E-state index is 13.6. The zero-order chi connectivity index (χ0) is 13.9. The van der Waals surface area contributed by atoms with Crippen LogP contribution in [0.15, 0.2) is 17.0 Å². The van der Waals surface area contributed by atoms with Gasteiger partial charge >= 0.3 is 0 Å². The van der Waals surface area contributed by atoms with Crippen molar-refractivity contribution < 1.29 is 17.9 Å². The van der Waals surface area contributed by atoms with Crippen LogP contribution in [0.3, 0.4) is 0 Å². The number of nitrogens with zero attached hydrogens (tertiary/aromatic N) is 1. The van der Waals surface area contributed by atoms with E-state index in [0.29, 0.717) is 13.0 Å². The summed E-state index contributed by atoms with van der Waals surface area (Å²) in [5.41, 5.74) is 0.212.